The molecule has 0 atom stereocenters. The summed E-state index contributed by atoms with van der Waals surface area (Å²) in [5.41, 5.74) is 1.17. The third-order valence-corrected chi connectivity index (χ3v) is 5.81. The first-order chi connectivity index (χ1) is 15.3. The van der Waals surface area contributed by atoms with Crippen LogP contribution in [-0.2, 0) is 16.6 Å². The SMILES string of the molecule is CCCCN(Cc1ccccc1)c1cc(C(=O)O)cc(S(N)(=O)=O)c1Oc1ccccc1. The molecule has 0 aliphatic rings. The molecule has 7 nitrogen and oxygen atoms in total. The molecule has 0 spiro atoms. The van der Waals surface area contributed by atoms with Crippen LogP contribution in [0.5, 0.6) is 11.5 Å². The molecule has 0 bridgehead atoms. The molecule has 0 saturated heterocycles. The maximum atomic E-state index is 12.5. The van der Waals surface area contributed by atoms with Gasteiger partial charge in [-0.25, -0.2) is 18.4 Å². The molecule has 0 aromatic heterocycles. The van der Waals surface area contributed by atoms with Crippen LogP contribution in [0.25, 0.3) is 0 Å². The van der Waals surface area contributed by atoms with Crippen LogP contribution in [0.15, 0.2) is 77.7 Å². The summed E-state index contributed by atoms with van der Waals surface area (Å²) >= 11 is 0. The number of carboxylic acid groups (broad SMARTS) is 1. The maximum absolute atomic E-state index is 12.5. The number of aromatic carboxylic acids is 1. The van der Waals surface area contributed by atoms with Crippen molar-refractivity contribution in [2.45, 2.75) is 31.2 Å². The van der Waals surface area contributed by atoms with Crippen molar-refractivity contribution < 1.29 is 23.1 Å². The highest BCUT2D eigenvalue weighted by molar-refractivity contribution is 7.89. The lowest BCUT2D eigenvalue weighted by Gasteiger charge is -2.28. The molecule has 0 fully saturated rings. The zero-order chi connectivity index (χ0) is 23.1. The van der Waals surface area contributed by atoms with Gasteiger partial charge in [-0.15, -0.1) is 0 Å². The van der Waals surface area contributed by atoms with E-state index < -0.39 is 16.0 Å². The number of benzene rings is 3. The Bertz CT molecular complexity index is 1170. The Hall–Kier alpha value is -3.36. The first kappa shape index (κ1) is 23.3. The Labute approximate surface area is 188 Å². The van der Waals surface area contributed by atoms with Gasteiger partial charge in [0.05, 0.1) is 11.3 Å². The average molecular weight is 455 g/mol. The summed E-state index contributed by atoms with van der Waals surface area (Å²) in [6.45, 7) is 3.06. The number of hydrogen-bond donors (Lipinski definition) is 2. The summed E-state index contributed by atoms with van der Waals surface area (Å²) in [6, 6.07) is 20.8. The zero-order valence-electron chi connectivity index (χ0n) is 17.8. The monoisotopic (exact) mass is 454 g/mol. The molecule has 3 rings (SSSR count). The molecule has 0 radical (unpaired) electrons. The first-order valence-corrected chi connectivity index (χ1v) is 11.8. The summed E-state index contributed by atoms with van der Waals surface area (Å²) in [4.78, 5) is 13.4. The summed E-state index contributed by atoms with van der Waals surface area (Å²) < 4.78 is 30.9. The largest absolute Gasteiger partial charge is 0.478 e. The normalized spacial score (nSPS) is 11.2. The fourth-order valence-corrected chi connectivity index (χ4v) is 4.00. The molecule has 32 heavy (non-hydrogen) atoms. The lowest BCUT2D eigenvalue weighted by molar-refractivity contribution is 0.0696. The van der Waals surface area contributed by atoms with Crippen molar-refractivity contribution in [3.8, 4) is 11.5 Å². The van der Waals surface area contributed by atoms with Crippen LogP contribution in [0.2, 0.25) is 0 Å². The van der Waals surface area contributed by atoms with Crippen LogP contribution < -0.4 is 14.8 Å². The fraction of sp³-hybridized carbons (Fsp3) is 0.208. The quantitative estimate of drug-likeness (QED) is 0.462. The zero-order valence-corrected chi connectivity index (χ0v) is 18.6. The van der Waals surface area contributed by atoms with Crippen LogP contribution in [-0.4, -0.2) is 26.0 Å². The minimum atomic E-state index is -4.27. The van der Waals surface area contributed by atoms with Gasteiger partial charge in [-0.1, -0.05) is 61.9 Å². The van der Waals surface area contributed by atoms with E-state index in [2.05, 4.69) is 0 Å². The van der Waals surface area contributed by atoms with E-state index in [4.69, 9.17) is 9.88 Å². The fourth-order valence-electron chi connectivity index (χ4n) is 3.30. The van der Waals surface area contributed by atoms with Gasteiger partial charge in [0.1, 0.15) is 10.6 Å². The van der Waals surface area contributed by atoms with Crippen molar-refractivity contribution in [2.24, 2.45) is 5.14 Å². The van der Waals surface area contributed by atoms with Gasteiger partial charge >= 0.3 is 5.97 Å². The number of unbranched alkanes of at least 4 members (excludes halogenated alkanes) is 1. The minimum absolute atomic E-state index is 0.00994. The van der Waals surface area contributed by atoms with E-state index in [1.807, 2.05) is 48.2 Å². The van der Waals surface area contributed by atoms with Gasteiger partial charge in [0.25, 0.3) is 0 Å². The Morgan fingerprint density at radius 1 is 1.03 bits per heavy atom. The van der Waals surface area contributed by atoms with Crippen LogP contribution in [0.3, 0.4) is 0 Å². The highest BCUT2D eigenvalue weighted by Crippen LogP contribution is 2.40. The van der Waals surface area contributed by atoms with Gasteiger partial charge in [0, 0.05) is 13.1 Å². The van der Waals surface area contributed by atoms with Gasteiger partial charge in [-0.2, -0.15) is 0 Å². The standard InChI is InChI=1S/C24H26N2O5S/c1-2-3-14-26(17-18-10-6-4-7-11-18)21-15-19(24(27)28)16-22(32(25,29)30)23(21)31-20-12-8-5-9-13-20/h4-13,15-16H,2-3,14,17H2,1H3,(H,27,28)(H2,25,29,30). The van der Waals surface area contributed by atoms with Crippen molar-refractivity contribution in [1.29, 1.82) is 0 Å². The minimum Gasteiger partial charge on any atom is -0.478 e. The number of para-hydroxylation sites is 1. The molecule has 3 aromatic rings. The molecule has 0 aliphatic heterocycles. The molecular formula is C24H26N2O5S. The van der Waals surface area contributed by atoms with E-state index >= 15 is 0 Å². The number of nitrogens with zero attached hydrogens (tertiary/aromatic N) is 1. The van der Waals surface area contributed by atoms with Gasteiger partial charge < -0.3 is 14.7 Å². The third kappa shape index (κ3) is 5.87. The van der Waals surface area contributed by atoms with Gasteiger partial charge in [0.15, 0.2) is 5.75 Å². The first-order valence-electron chi connectivity index (χ1n) is 10.3. The van der Waals surface area contributed by atoms with Gasteiger partial charge in [0.2, 0.25) is 10.0 Å². The number of nitrogens with two attached hydrogens (primary N) is 1. The summed E-state index contributed by atoms with van der Waals surface area (Å²) in [7, 11) is -4.27. The molecule has 0 amide bonds. The topological polar surface area (TPSA) is 110 Å². The molecule has 0 saturated carbocycles. The van der Waals surface area contributed by atoms with Crippen LogP contribution >= 0.6 is 0 Å². The molecule has 3 aromatic carbocycles. The predicted molar refractivity (Wildman–Crippen MR) is 124 cm³/mol. The Morgan fingerprint density at radius 3 is 2.22 bits per heavy atom. The number of carbonyl (C=O) groups is 1. The van der Waals surface area contributed by atoms with Crippen molar-refractivity contribution in [2.75, 3.05) is 11.4 Å². The molecule has 0 heterocycles. The Kier molecular flexibility index (Phi) is 7.50. The van der Waals surface area contributed by atoms with Crippen molar-refractivity contribution in [3.63, 3.8) is 0 Å². The number of primary sulfonamides is 1. The molecular weight excluding hydrogens is 428 g/mol. The lowest BCUT2D eigenvalue weighted by Crippen LogP contribution is -2.26. The molecule has 8 heteroatoms. The second-order valence-corrected chi connectivity index (χ2v) is 8.88. The number of anilines is 1. The molecule has 0 aliphatic carbocycles. The highest BCUT2D eigenvalue weighted by atomic mass is 32.2. The van der Waals surface area contributed by atoms with E-state index in [9.17, 15) is 18.3 Å². The second kappa shape index (κ2) is 10.3. The average Bonchev–Trinajstić information content (AvgIpc) is 2.77. The number of ether oxygens (including phenoxy) is 1. The van der Waals surface area contributed by atoms with Gasteiger partial charge in [-0.05, 0) is 36.2 Å². The lowest BCUT2D eigenvalue weighted by atomic mass is 10.1. The second-order valence-electron chi connectivity index (χ2n) is 7.35. The van der Waals surface area contributed by atoms with Crippen molar-refractivity contribution in [1.82, 2.24) is 0 Å². The number of hydrogen-bond acceptors (Lipinski definition) is 5. The number of sulfonamides is 1. The molecule has 3 N–H and O–H groups in total. The van der Waals surface area contributed by atoms with Crippen LogP contribution in [0.1, 0.15) is 35.7 Å². The third-order valence-electron chi connectivity index (χ3n) is 4.89. The van der Waals surface area contributed by atoms with Crippen LogP contribution in [0.4, 0.5) is 5.69 Å². The van der Waals surface area contributed by atoms with E-state index in [1.54, 1.807) is 24.3 Å². The summed E-state index contributed by atoms with van der Waals surface area (Å²) in [5.74, 6) is -0.829. The molecule has 0 unspecified atom stereocenters. The van der Waals surface area contributed by atoms with Crippen molar-refractivity contribution >= 4 is 21.7 Å². The summed E-state index contributed by atoms with van der Waals surface area (Å²) in [6.07, 6.45) is 1.72. The Morgan fingerprint density at radius 2 is 1.66 bits per heavy atom. The van der Waals surface area contributed by atoms with E-state index in [0.717, 1.165) is 24.5 Å². The predicted octanol–water partition coefficient (Wildman–Crippen LogP) is 4.63. The van der Waals surface area contributed by atoms with E-state index in [0.29, 0.717) is 24.5 Å². The number of rotatable bonds is 10. The maximum Gasteiger partial charge on any atom is 0.335 e. The molecule has 168 valence electrons. The van der Waals surface area contributed by atoms with E-state index in [-0.39, 0.29) is 16.2 Å². The van der Waals surface area contributed by atoms with Crippen LogP contribution in [0, 0.1) is 0 Å². The van der Waals surface area contributed by atoms with E-state index in [1.165, 1.54) is 6.07 Å². The Balaban J connectivity index is 2.22. The summed E-state index contributed by atoms with van der Waals surface area (Å²) in [5, 5.41) is 15.1. The highest BCUT2D eigenvalue weighted by Gasteiger charge is 2.26. The number of carboxylic acids is 1. The smallest absolute Gasteiger partial charge is 0.335 e. The van der Waals surface area contributed by atoms with Crippen molar-refractivity contribution in [3.05, 3.63) is 83.9 Å². The van der Waals surface area contributed by atoms with Gasteiger partial charge in [-0.3, -0.25) is 0 Å².